The number of nitrogens with zero attached hydrogens (tertiary/aromatic N) is 1. The van der Waals surface area contributed by atoms with E-state index in [0.29, 0.717) is 58.6 Å². The second-order valence-corrected chi connectivity index (χ2v) is 15.0. The number of carbonyl (C=O) groups is 5. The molecule has 284 valence electrons. The molecule has 52 heavy (non-hydrogen) atoms. The lowest BCUT2D eigenvalue weighted by Gasteiger charge is -2.29. The largest absolute Gasteiger partial charge is 0.379 e. The molecule has 4 amide bonds. The van der Waals surface area contributed by atoms with Crippen LogP contribution in [0, 0.1) is 11.8 Å². The smallest absolute Gasteiger partial charge is 0.243 e. The van der Waals surface area contributed by atoms with Gasteiger partial charge in [0.2, 0.25) is 23.6 Å². The molecule has 2 aliphatic heterocycles. The molecule has 2 fully saturated rings. The maximum atomic E-state index is 14.1. The van der Waals surface area contributed by atoms with Crippen molar-refractivity contribution in [3.05, 3.63) is 71.8 Å². The number of ketones is 1. The highest BCUT2D eigenvalue weighted by Gasteiger charge is 2.50. The van der Waals surface area contributed by atoms with Crippen LogP contribution in [0.4, 0.5) is 0 Å². The minimum Gasteiger partial charge on any atom is -0.379 e. The number of hydrogen-bond donors (Lipinski definition) is 4. The molecule has 2 aliphatic rings. The van der Waals surface area contributed by atoms with Crippen LogP contribution >= 0.6 is 0 Å². The maximum Gasteiger partial charge on any atom is 0.243 e. The molecule has 4 unspecified atom stereocenters. The summed E-state index contributed by atoms with van der Waals surface area (Å²) in [6, 6.07) is 15.3. The summed E-state index contributed by atoms with van der Waals surface area (Å²) >= 11 is 0. The third-order valence-electron chi connectivity index (χ3n) is 9.38. The Morgan fingerprint density at radius 2 is 1.19 bits per heavy atom. The van der Waals surface area contributed by atoms with Crippen LogP contribution in [0.25, 0.3) is 0 Å². The van der Waals surface area contributed by atoms with Crippen molar-refractivity contribution < 1.29 is 33.4 Å². The summed E-state index contributed by atoms with van der Waals surface area (Å²) in [7, 11) is 0. The summed E-state index contributed by atoms with van der Waals surface area (Å²) in [5.41, 5.74) is 0.915. The lowest BCUT2D eigenvalue weighted by Crippen LogP contribution is -2.59. The van der Waals surface area contributed by atoms with Gasteiger partial charge in [0, 0.05) is 19.5 Å². The van der Waals surface area contributed by atoms with Crippen molar-refractivity contribution in [2.24, 2.45) is 11.8 Å². The Labute approximate surface area is 308 Å². The van der Waals surface area contributed by atoms with E-state index in [9.17, 15) is 24.0 Å². The molecule has 2 aromatic carbocycles. The Morgan fingerprint density at radius 3 is 1.77 bits per heavy atom. The molecule has 0 aliphatic carbocycles. The molecule has 0 bridgehead atoms. The number of ether oxygens (including phenoxy) is 2. The summed E-state index contributed by atoms with van der Waals surface area (Å²) < 4.78 is 10.8. The van der Waals surface area contributed by atoms with Crippen LogP contribution in [-0.2, 0) is 46.3 Å². The molecule has 2 heterocycles. The summed E-state index contributed by atoms with van der Waals surface area (Å²) in [6.45, 7) is 12.3. The normalized spacial score (nSPS) is 19.6. The van der Waals surface area contributed by atoms with Gasteiger partial charge < -0.3 is 30.7 Å². The van der Waals surface area contributed by atoms with Crippen molar-refractivity contribution in [3.63, 3.8) is 0 Å². The van der Waals surface area contributed by atoms with Crippen molar-refractivity contribution in [2.75, 3.05) is 39.5 Å². The van der Waals surface area contributed by atoms with E-state index in [2.05, 4.69) is 21.3 Å². The Kier molecular flexibility index (Phi) is 15.3. The SMILES string of the molecule is CC(C)CC(NC(=O)C(CCc1ccccc1)NC(=O)CN1CCOCC1)C(=O)N[C@@H](Cc1ccccc1)C(=O)NC(CC(C)C)C(=O)C1(C)CO1. The number of rotatable bonds is 20. The van der Waals surface area contributed by atoms with Crippen LogP contribution in [0.15, 0.2) is 60.7 Å². The zero-order chi connectivity index (χ0) is 37.7. The van der Waals surface area contributed by atoms with Crippen molar-refractivity contribution in [3.8, 4) is 0 Å². The van der Waals surface area contributed by atoms with E-state index in [4.69, 9.17) is 9.47 Å². The Balaban J connectivity index is 1.51. The zero-order valence-corrected chi connectivity index (χ0v) is 31.3. The molecule has 12 nitrogen and oxygen atoms in total. The highest BCUT2D eigenvalue weighted by molar-refractivity contribution is 5.98. The average molecular weight is 720 g/mol. The monoisotopic (exact) mass is 719 g/mol. The van der Waals surface area contributed by atoms with E-state index in [0.717, 1.165) is 11.1 Å². The number of benzene rings is 2. The predicted octanol–water partition coefficient (Wildman–Crippen LogP) is 2.58. The number of hydrogen-bond acceptors (Lipinski definition) is 8. The summed E-state index contributed by atoms with van der Waals surface area (Å²) in [5.74, 6) is -1.83. The minimum atomic E-state index is -1.03. The van der Waals surface area contributed by atoms with Crippen LogP contribution in [0.5, 0.6) is 0 Å². The summed E-state index contributed by atoms with van der Waals surface area (Å²) in [6.07, 6.45) is 1.76. The van der Waals surface area contributed by atoms with Gasteiger partial charge >= 0.3 is 0 Å². The highest BCUT2D eigenvalue weighted by atomic mass is 16.6. The van der Waals surface area contributed by atoms with Crippen LogP contribution in [-0.4, -0.2) is 104 Å². The fourth-order valence-corrected chi connectivity index (χ4v) is 6.33. The molecular weight excluding hydrogens is 662 g/mol. The van der Waals surface area contributed by atoms with E-state index in [-0.39, 0.29) is 36.5 Å². The molecule has 4 N–H and O–H groups in total. The Bertz CT molecular complexity index is 1480. The molecule has 0 aromatic heterocycles. The van der Waals surface area contributed by atoms with Crippen LogP contribution < -0.4 is 21.3 Å². The van der Waals surface area contributed by atoms with Crippen molar-refractivity contribution in [1.29, 1.82) is 0 Å². The third-order valence-corrected chi connectivity index (χ3v) is 9.38. The first-order chi connectivity index (χ1) is 24.8. The van der Waals surface area contributed by atoms with Gasteiger partial charge in [0.05, 0.1) is 32.4 Å². The second kappa shape index (κ2) is 19.6. The predicted molar refractivity (Wildman–Crippen MR) is 198 cm³/mol. The lowest BCUT2D eigenvalue weighted by molar-refractivity contribution is -0.135. The topological polar surface area (TPSA) is 158 Å². The first-order valence-corrected chi connectivity index (χ1v) is 18.6. The van der Waals surface area contributed by atoms with Crippen LogP contribution in [0.3, 0.4) is 0 Å². The van der Waals surface area contributed by atoms with Crippen molar-refractivity contribution in [1.82, 2.24) is 26.2 Å². The maximum absolute atomic E-state index is 14.1. The summed E-state index contributed by atoms with van der Waals surface area (Å²) in [4.78, 5) is 70.5. The van der Waals surface area contributed by atoms with Gasteiger partial charge in [-0.3, -0.25) is 28.9 Å². The number of amides is 4. The zero-order valence-electron chi connectivity index (χ0n) is 31.3. The molecule has 5 atom stereocenters. The summed E-state index contributed by atoms with van der Waals surface area (Å²) in [5, 5.41) is 11.7. The van der Waals surface area contributed by atoms with Crippen LogP contribution in [0.2, 0.25) is 0 Å². The minimum absolute atomic E-state index is 0.0171. The molecule has 2 saturated heterocycles. The van der Waals surface area contributed by atoms with Crippen molar-refractivity contribution in [2.45, 2.75) is 96.5 Å². The number of nitrogens with one attached hydrogen (secondary N) is 4. The number of carbonyl (C=O) groups excluding carboxylic acids is 5. The lowest BCUT2D eigenvalue weighted by atomic mass is 9.93. The second-order valence-electron chi connectivity index (χ2n) is 15.0. The highest BCUT2D eigenvalue weighted by Crippen LogP contribution is 2.29. The Morgan fingerprint density at radius 1 is 0.692 bits per heavy atom. The molecule has 12 heteroatoms. The van der Waals surface area contributed by atoms with Crippen LogP contribution in [0.1, 0.15) is 65.0 Å². The van der Waals surface area contributed by atoms with E-state index < -0.39 is 47.5 Å². The van der Waals surface area contributed by atoms with Gasteiger partial charge in [-0.2, -0.15) is 0 Å². The van der Waals surface area contributed by atoms with Gasteiger partial charge in [-0.05, 0) is 55.6 Å². The Hall–Kier alpha value is -4.13. The first kappa shape index (κ1) is 40.6. The van der Waals surface area contributed by atoms with E-state index in [1.807, 2.05) is 93.3 Å². The number of Topliss-reactive ketones (excluding diaryl/α,β-unsaturated/α-hetero) is 1. The average Bonchev–Trinajstić information content (AvgIpc) is 3.87. The molecule has 0 radical (unpaired) electrons. The van der Waals surface area contributed by atoms with Gasteiger partial charge in [-0.25, -0.2) is 0 Å². The fourth-order valence-electron chi connectivity index (χ4n) is 6.33. The van der Waals surface area contributed by atoms with E-state index in [1.165, 1.54) is 0 Å². The van der Waals surface area contributed by atoms with Gasteiger partial charge in [-0.15, -0.1) is 0 Å². The fraction of sp³-hybridized carbons (Fsp3) is 0.575. The molecule has 0 saturated carbocycles. The number of aryl methyl sites for hydroxylation is 1. The quantitative estimate of drug-likeness (QED) is 0.152. The van der Waals surface area contributed by atoms with Crippen molar-refractivity contribution >= 4 is 29.4 Å². The van der Waals surface area contributed by atoms with Gasteiger partial charge in [0.25, 0.3) is 0 Å². The van der Waals surface area contributed by atoms with E-state index in [1.54, 1.807) is 6.92 Å². The molecular formula is C40H57N5O7. The standard InChI is InChI=1S/C40H57N5O7/c1-27(2)22-32(36(47)40(5)26-52-40)42-39(50)34(24-30-14-10-7-11-15-30)44-38(49)33(23-28(3)4)43-37(48)31(17-16-29-12-8-6-9-13-29)41-35(46)25-45-18-20-51-21-19-45/h6-15,27-28,31-34H,16-26H2,1-5H3,(H,41,46)(H,42,50)(H,43,48)(H,44,49)/t31?,32?,33?,34-,40?/m0/s1. The number of epoxide rings is 1. The van der Waals surface area contributed by atoms with E-state index >= 15 is 0 Å². The van der Waals surface area contributed by atoms with Gasteiger partial charge in [-0.1, -0.05) is 88.4 Å². The first-order valence-electron chi connectivity index (χ1n) is 18.6. The molecule has 2 aromatic rings. The van der Waals surface area contributed by atoms with Gasteiger partial charge in [0.1, 0.15) is 23.7 Å². The third kappa shape index (κ3) is 13.1. The van der Waals surface area contributed by atoms with Gasteiger partial charge in [0.15, 0.2) is 5.78 Å². The number of morpholine rings is 1. The molecule has 4 rings (SSSR count). The molecule has 0 spiro atoms.